The highest BCUT2D eigenvalue weighted by Crippen LogP contribution is 2.41. The normalized spacial score (nSPS) is 17.1. The Morgan fingerprint density at radius 1 is 1.10 bits per heavy atom. The molecule has 0 heterocycles. The average Bonchev–Trinajstić information content (AvgIpc) is 1.62. The predicted octanol–water partition coefficient (Wildman–Crippen LogP) is 3.66. The molecule has 0 aromatic carbocycles. The molecule has 0 spiro atoms. The van der Waals surface area contributed by atoms with Gasteiger partial charge in [0.1, 0.15) is 0 Å². The Morgan fingerprint density at radius 2 is 1.40 bits per heavy atom. The lowest BCUT2D eigenvalue weighted by molar-refractivity contribution is 0.272. The molecule has 0 saturated carbocycles. The number of rotatable bonds is 2. The van der Waals surface area contributed by atoms with Crippen molar-refractivity contribution in [3.8, 4) is 0 Å². The third kappa shape index (κ3) is 2.03. The summed E-state index contributed by atoms with van der Waals surface area (Å²) < 4.78 is 0. The second kappa shape index (κ2) is 2.91. The van der Waals surface area contributed by atoms with Crippen molar-refractivity contribution in [2.24, 2.45) is 5.41 Å². The molecule has 1 unspecified atom stereocenters. The van der Waals surface area contributed by atoms with E-state index in [4.69, 9.17) is 23.2 Å². The van der Waals surface area contributed by atoms with Crippen LogP contribution < -0.4 is 0 Å². The smallest absolute Gasteiger partial charge is 0.0455 e. The fourth-order valence-corrected chi connectivity index (χ4v) is 0.965. The summed E-state index contributed by atoms with van der Waals surface area (Å²) in [5.74, 6) is 0. The fraction of sp³-hybridized carbons (Fsp3) is 1.00. The number of halogens is 2. The van der Waals surface area contributed by atoms with Crippen LogP contribution in [-0.2, 0) is 0 Å². The molecular weight excluding hydrogens is 167 g/mol. The summed E-state index contributed by atoms with van der Waals surface area (Å²) >= 11 is 12.1. The van der Waals surface area contributed by atoms with Crippen molar-refractivity contribution in [2.45, 2.75) is 44.9 Å². The van der Waals surface area contributed by atoms with Crippen molar-refractivity contribution >= 4 is 23.2 Å². The largest absolute Gasteiger partial charge is 0.123 e. The van der Waals surface area contributed by atoms with Crippen LogP contribution in [0.1, 0.15) is 34.6 Å². The van der Waals surface area contributed by atoms with E-state index in [2.05, 4.69) is 13.8 Å². The van der Waals surface area contributed by atoms with E-state index in [1.54, 1.807) is 0 Å². The van der Waals surface area contributed by atoms with E-state index in [0.717, 1.165) is 0 Å². The van der Waals surface area contributed by atoms with E-state index < -0.39 is 0 Å². The Labute approximate surface area is 73.9 Å². The number of alkyl halides is 2. The van der Waals surface area contributed by atoms with Gasteiger partial charge in [0.2, 0.25) is 0 Å². The Bertz CT molecular complexity index is 109. The minimum atomic E-state index is -0.242. The van der Waals surface area contributed by atoms with Crippen molar-refractivity contribution in [1.29, 1.82) is 0 Å². The van der Waals surface area contributed by atoms with Crippen molar-refractivity contribution in [3.05, 3.63) is 0 Å². The van der Waals surface area contributed by atoms with Gasteiger partial charge in [-0.05, 0) is 26.2 Å². The maximum Gasteiger partial charge on any atom is 0.0455 e. The first-order valence-electron chi connectivity index (χ1n) is 3.52. The zero-order chi connectivity index (χ0) is 8.58. The summed E-state index contributed by atoms with van der Waals surface area (Å²) in [5.41, 5.74) is -0.0316. The topological polar surface area (TPSA) is 0 Å². The molecule has 0 N–H and O–H groups in total. The van der Waals surface area contributed by atoms with Crippen LogP contribution in [0.25, 0.3) is 0 Å². The summed E-state index contributed by atoms with van der Waals surface area (Å²) in [6, 6.07) is 0. The van der Waals surface area contributed by atoms with Gasteiger partial charge >= 0.3 is 0 Å². The molecule has 62 valence electrons. The molecule has 0 rings (SSSR count). The van der Waals surface area contributed by atoms with Gasteiger partial charge in [0.05, 0.1) is 0 Å². The first kappa shape index (κ1) is 10.6. The Morgan fingerprint density at radius 3 is 1.40 bits per heavy atom. The molecule has 10 heavy (non-hydrogen) atoms. The molecule has 0 saturated heterocycles. The zero-order valence-electron chi connectivity index (χ0n) is 7.33. The molecule has 0 aliphatic carbocycles. The maximum atomic E-state index is 6.14. The SMILES string of the molecule is CC(Cl)C(C)(C)C(C)(C)Cl. The van der Waals surface area contributed by atoms with Crippen LogP contribution in [0.4, 0.5) is 0 Å². The zero-order valence-corrected chi connectivity index (χ0v) is 8.85. The average molecular weight is 183 g/mol. The van der Waals surface area contributed by atoms with E-state index in [1.807, 2.05) is 20.8 Å². The van der Waals surface area contributed by atoms with Crippen molar-refractivity contribution in [3.63, 3.8) is 0 Å². The van der Waals surface area contributed by atoms with Gasteiger partial charge in [0.25, 0.3) is 0 Å². The van der Waals surface area contributed by atoms with Gasteiger partial charge in [-0.2, -0.15) is 0 Å². The fourth-order valence-electron chi connectivity index (χ4n) is 0.473. The predicted molar refractivity (Wildman–Crippen MR) is 49.0 cm³/mol. The second-order valence-corrected chi connectivity index (χ2v) is 5.41. The molecular formula is C8H16Cl2. The molecule has 0 amide bonds. The standard InChI is InChI=1S/C8H16Cl2/c1-6(9)7(2,3)8(4,5)10/h6H,1-5H3. The lowest BCUT2D eigenvalue weighted by atomic mass is 9.78. The van der Waals surface area contributed by atoms with E-state index in [9.17, 15) is 0 Å². The highest BCUT2D eigenvalue weighted by atomic mass is 35.5. The van der Waals surface area contributed by atoms with Gasteiger partial charge < -0.3 is 0 Å². The first-order valence-corrected chi connectivity index (χ1v) is 4.34. The third-order valence-electron chi connectivity index (χ3n) is 2.53. The molecule has 0 aromatic heterocycles. The molecule has 0 aliphatic rings. The van der Waals surface area contributed by atoms with Crippen LogP contribution in [0.2, 0.25) is 0 Å². The molecule has 0 nitrogen and oxygen atoms in total. The lowest BCUT2D eigenvalue weighted by Crippen LogP contribution is -2.39. The quantitative estimate of drug-likeness (QED) is 0.573. The summed E-state index contributed by atoms with van der Waals surface area (Å²) in [6.07, 6.45) is 0. The van der Waals surface area contributed by atoms with E-state index in [1.165, 1.54) is 0 Å². The van der Waals surface area contributed by atoms with Crippen molar-refractivity contribution < 1.29 is 0 Å². The molecule has 0 bridgehead atoms. The van der Waals surface area contributed by atoms with E-state index >= 15 is 0 Å². The van der Waals surface area contributed by atoms with E-state index in [-0.39, 0.29) is 15.7 Å². The highest BCUT2D eigenvalue weighted by Gasteiger charge is 2.38. The molecule has 0 radical (unpaired) electrons. The lowest BCUT2D eigenvalue weighted by Gasteiger charge is -2.38. The number of hydrogen-bond acceptors (Lipinski definition) is 0. The molecule has 1 atom stereocenters. The molecule has 2 heteroatoms. The van der Waals surface area contributed by atoms with Crippen LogP contribution >= 0.6 is 23.2 Å². The van der Waals surface area contributed by atoms with Gasteiger partial charge in [-0.3, -0.25) is 0 Å². The van der Waals surface area contributed by atoms with E-state index in [0.29, 0.717) is 0 Å². The van der Waals surface area contributed by atoms with Gasteiger partial charge in [-0.1, -0.05) is 13.8 Å². The monoisotopic (exact) mass is 182 g/mol. The maximum absolute atomic E-state index is 6.14. The summed E-state index contributed by atoms with van der Waals surface area (Å²) in [4.78, 5) is -0.242. The minimum Gasteiger partial charge on any atom is -0.123 e. The Kier molecular flexibility index (Phi) is 3.07. The summed E-state index contributed by atoms with van der Waals surface area (Å²) in [5, 5.41) is 0.0972. The Hall–Kier alpha value is 0.580. The van der Waals surface area contributed by atoms with Crippen LogP contribution in [0.15, 0.2) is 0 Å². The highest BCUT2D eigenvalue weighted by molar-refractivity contribution is 6.26. The van der Waals surface area contributed by atoms with Crippen LogP contribution in [0.5, 0.6) is 0 Å². The van der Waals surface area contributed by atoms with Crippen molar-refractivity contribution in [1.82, 2.24) is 0 Å². The van der Waals surface area contributed by atoms with Gasteiger partial charge in [0.15, 0.2) is 0 Å². The molecule has 0 aromatic rings. The summed E-state index contributed by atoms with van der Waals surface area (Å²) in [7, 11) is 0. The van der Waals surface area contributed by atoms with Crippen LogP contribution in [0, 0.1) is 5.41 Å². The molecule has 0 aliphatic heterocycles. The number of hydrogen-bond donors (Lipinski definition) is 0. The Balaban J connectivity index is 4.40. The minimum absolute atomic E-state index is 0.0316. The third-order valence-corrected chi connectivity index (χ3v) is 3.56. The second-order valence-electron chi connectivity index (χ2n) is 3.81. The summed E-state index contributed by atoms with van der Waals surface area (Å²) in [6.45, 7) is 10.1. The molecule has 0 fully saturated rings. The first-order chi connectivity index (χ1) is 4.19. The van der Waals surface area contributed by atoms with Gasteiger partial charge in [0, 0.05) is 10.3 Å². The van der Waals surface area contributed by atoms with Gasteiger partial charge in [-0.15, -0.1) is 23.2 Å². The van der Waals surface area contributed by atoms with Crippen LogP contribution in [-0.4, -0.2) is 10.3 Å². The van der Waals surface area contributed by atoms with Gasteiger partial charge in [-0.25, -0.2) is 0 Å². The van der Waals surface area contributed by atoms with Crippen molar-refractivity contribution in [2.75, 3.05) is 0 Å². The van der Waals surface area contributed by atoms with Crippen LogP contribution in [0.3, 0.4) is 0 Å².